The molecule has 1 aromatic heterocycles. The number of para-hydroxylation sites is 1. The fraction of sp³-hybridized carbons (Fsp3) is 0.308. The second kappa shape index (κ2) is 7.82. The molecular weight excluding hydrogens is 422 g/mol. The van der Waals surface area contributed by atoms with Crippen LogP contribution in [0.15, 0.2) is 47.3 Å². The summed E-state index contributed by atoms with van der Waals surface area (Å²) in [5, 5.41) is 0. The molecule has 5 nitrogen and oxygen atoms in total. The van der Waals surface area contributed by atoms with Crippen molar-refractivity contribution in [2.75, 3.05) is 18.0 Å². The standard InChI is InChI=1S/C26H24F2N4O/c1-3-17-7-8-18-15-26(25(29)19(18)13-17)9-11-31(12-10-26)22-14-23(33)32(16(2)30-22)24-20(27)5-4-6-21(24)28/h1,4-8,13-14,25H,9-12,15,29H2,2H3/t25-/m1/s1. The maximum absolute atomic E-state index is 14.3. The van der Waals surface area contributed by atoms with Crippen LogP contribution in [0.2, 0.25) is 0 Å². The van der Waals surface area contributed by atoms with Crippen LogP contribution < -0.4 is 16.2 Å². The molecule has 0 radical (unpaired) electrons. The van der Waals surface area contributed by atoms with Gasteiger partial charge in [0.25, 0.3) is 5.56 Å². The minimum Gasteiger partial charge on any atom is -0.356 e. The quantitative estimate of drug-likeness (QED) is 0.611. The Morgan fingerprint density at radius 2 is 1.85 bits per heavy atom. The van der Waals surface area contributed by atoms with Crippen LogP contribution in [0, 0.1) is 36.3 Å². The molecule has 2 aliphatic rings. The fourth-order valence-corrected chi connectivity index (χ4v) is 5.34. The zero-order valence-corrected chi connectivity index (χ0v) is 18.3. The molecule has 168 valence electrons. The van der Waals surface area contributed by atoms with Crippen LogP contribution in [0.25, 0.3) is 5.69 Å². The van der Waals surface area contributed by atoms with E-state index in [9.17, 15) is 13.6 Å². The van der Waals surface area contributed by atoms with Crippen molar-refractivity contribution in [2.24, 2.45) is 11.1 Å². The molecule has 1 atom stereocenters. The molecule has 7 heteroatoms. The molecule has 3 aromatic rings. The van der Waals surface area contributed by atoms with Gasteiger partial charge in [-0.05, 0) is 67.0 Å². The van der Waals surface area contributed by atoms with Gasteiger partial charge in [0.05, 0.1) is 0 Å². The number of aromatic nitrogens is 2. The Morgan fingerprint density at radius 1 is 1.15 bits per heavy atom. The summed E-state index contributed by atoms with van der Waals surface area (Å²) in [7, 11) is 0. The van der Waals surface area contributed by atoms with Crippen molar-refractivity contribution in [2.45, 2.75) is 32.2 Å². The predicted molar refractivity (Wildman–Crippen MR) is 123 cm³/mol. The third kappa shape index (κ3) is 3.42. The number of nitrogens with zero attached hydrogens (tertiary/aromatic N) is 3. The molecule has 0 amide bonds. The van der Waals surface area contributed by atoms with Crippen molar-refractivity contribution in [1.29, 1.82) is 0 Å². The zero-order valence-electron chi connectivity index (χ0n) is 18.3. The third-order valence-corrected chi connectivity index (χ3v) is 7.17. The lowest BCUT2D eigenvalue weighted by Gasteiger charge is -2.42. The van der Waals surface area contributed by atoms with Crippen LogP contribution in [0.4, 0.5) is 14.6 Å². The lowest BCUT2D eigenvalue weighted by Crippen LogP contribution is -2.45. The van der Waals surface area contributed by atoms with Gasteiger partial charge in [0.1, 0.15) is 29.0 Å². The van der Waals surface area contributed by atoms with E-state index >= 15 is 0 Å². The van der Waals surface area contributed by atoms with Gasteiger partial charge in [-0.25, -0.2) is 13.8 Å². The maximum atomic E-state index is 14.3. The highest BCUT2D eigenvalue weighted by molar-refractivity contribution is 5.47. The summed E-state index contributed by atoms with van der Waals surface area (Å²) in [6, 6.07) is 10.8. The number of fused-ring (bicyclic) bond motifs is 1. The SMILES string of the molecule is C#Cc1ccc2c(c1)[C@@H](N)C1(CCN(c3cc(=O)n(-c4c(F)cccc4F)c(C)n3)CC1)C2. The van der Waals surface area contributed by atoms with Crippen molar-refractivity contribution >= 4 is 5.82 Å². The van der Waals surface area contributed by atoms with Crippen molar-refractivity contribution in [1.82, 2.24) is 9.55 Å². The first-order valence-corrected chi connectivity index (χ1v) is 11.0. The maximum Gasteiger partial charge on any atom is 0.260 e. The van der Waals surface area contributed by atoms with Gasteiger partial charge >= 0.3 is 0 Å². The highest BCUT2D eigenvalue weighted by atomic mass is 19.1. The van der Waals surface area contributed by atoms with Crippen LogP contribution in [0.3, 0.4) is 0 Å². The number of rotatable bonds is 2. The van der Waals surface area contributed by atoms with E-state index in [1.165, 1.54) is 17.7 Å². The first kappa shape index (κ1) is 21.4. The smallest absolute Gasteiger partial charge is 0.260 e. The normalized spacial score (nSPS) is 18.9. The van der Waals surface area contributed by atoms with E-state index in [-0.39, 0.29) is 17.3 Å². The summed E-state index contributed by atoms with van der Waals surface area (Å²) in [4.78, 5) is 19.4. The van der Waals surface area contributed by atoms with E-state index in [0.29, 0.717) is 18.9 Å². The van der Waals surface area contributed by atoms with Crippen molar-refractivity contribution in [3.63, 3.8) is 0 Å². The second-order valence-corrected chi connectivity index (χ2v) is 8.97. The molecule has 1 fully saturated rings. The van der Waals surface area contributed by atoms with Crippen LogP contribution in [-0.2, 0) is 6.42 Å². The van der Waals surface area contributed by atoms with E-state index in [1.807, 2.05) is 17.0 Å². The molecule has 2 N–H and O–H groups in total. The molecular formula is C26H24F2N4O. The van der Waals surface area contributed by atoms with E-state index in [4.69, 9.17) is 12.2 Å². The molecule has 1 spiro atoms. The highest BCUT2D eigenvalue weighted by Crippen LogP contribution is 2.51. The Morgan fingerprint density at radius 3 is 2.48 bits per heavy atom. The average Bonchev–Trinajstić information content (AvgIpc) is 3.06. The minimum atomic E-state index is -0.808. The molecule has 33 heavy (non-hydrogen) atoms. The molecule has 2 aromatic carbocycles. The number of anilines is 1. The molecule has 5 rings (SSSR count). The summed E-state index contributed by atoms with van der Waals surface area (Å²) >= 11 is 0. The van der Waals surface area contributed by atoms with E-state index in [1.54, 1.807) is 6.92 Å². The Kier molecular flexibility index (Phi) is 5.06. The second-order valence-electron chi connectivity index (χ2n) is 8.97. The Labute approximate surface area is 190 Å². The summed E-state index contributed by atoms with van der Waals surface area (Å²) in [5.41, 5.74) is 8.94. The highest BCUT2D eigenvalue weighted by Gasteiger charge is 2.46. The zero-order chi connectivity index (χ0) is 23.3. The molecule has 0 unspecified atom stereocenters. The van der Waals surface area contributed by atoms with Crippen LogP contribution in [0.1, 0.15) is 41.4 Å². The van der Waals surface area contributed by atoms with Crippen molar-refractivity contribution in [3.05, 3.63) is 87.0 Å². The number of nitrogens with two attached hydrogens (primary N) is 1. The summed E-state index contributed by atoms with van der Waals surface area (Å²) in [5.74, 6) is 1.81. The largest absolute Gasteiger partial charge is 0.356 e. The number of hydrogen-bond acceptors (Lipinski definition) is 4. The molecule has 1 aliphatic heterocycles. The Hall–Kier alpha value is -3.50. The molecule has 0 saturated carbocycles. The van der Waals surface area contributed by atoms with Gasteiger partial charge in [-0.2, -0.15) is 0 Å². The van der Waals surface area contributed by atoms with E-state index in [0.717, 1.165) is 47.1 Å². The van der Waals surface area contributed by atoms with Gasteiger partial charge in [0, 0.05) is 30.8 Å². The number of halogens is 2. The van der Waals surface area contributed by atoms with Crippen LogP contribution in [-0.4, -0.2) is 22.6 Å². The van der Waals surface area contributed by atoms with Crippen molar-refractivity contribution < 1.29 is 8.78 Å². The summed E-state index contributed by atoms with van der Waals surface area (Å²) in [6.45, 7) is 2.95. The molecule has 1 aliphatic carbocycles. The van der Waals surface area contributed by atoms with Gasteiger partial charge in [0.2, 0.25) is 0 Å². The molecule has 1 saturated heterocycles. The Bertz CT molecular complexity index is 1330. The Balaban J connectivity index is 1.39. The number of benzene rings is 2. The monoisotopic (exact) mass is 446 g/mol. The first-order valence-electron chi connectivity index (χ1n) is 11.0. The number of terminal acetylenes is 1. The van der Waals surface area contributed by atoms with E-state index < -0.39 is 22.9 Å². The van der Waals surface area contributed by atoms with Crippen LogP contribution in [0.5, 0.6) is 0 Å². The topological polar surface area (TPSA) is 64.2 Å². The predicted octanol–water partition coefficient (Wildman–Crippen LogP) is 3.64. The average molecular weight is 447 g/mol. The molecule has 0 bridgehead atoms. The van der Waals surface area contributed by atoms with Gasteiger partial charge in [-0.3, -0.25) is 9.36 Å². The lowest BCUT2D eigenvalue weighted by atomic mass is 9.73. The van der Waals surface area contributed by atoms with E-state index in [2.05, 4.69) is 17.0 Å². The van der Waals surface area contributed by atoms with Gasteiger partial charge in [-0.1, -0.05) is 18.1 Å². The number of piperidine rings is 1. The fourth-order valence-electron chi connectivity index (χ4n) is 5.34. The lowest BCUT2D eigenvalue weighted by molar-refractivity contribution is 0.187. The van der Waals surface area contributed by atoms with Gasteiger partial charge < -0.3 is 10.6 Å². The summed E-state index contributed by atoms with van der Waals surface area (Å²) in [6.07, 6.45) is 8.16. The van der Waals surface area contributed by atoms with Gasteiger partial charge in [-0.15, -0.1) is 6.42 Å². The number of hydrogen-bond donors (Lipinski definition) is 1. The van der Waals surface area contributed by atoms with Crippen LogP contribution >= 0.6 is 0 Å². The third-order valence-electron chi connectivity index (χ3n) is 7.17. The first-order chi connectivity index (χ1) is 15.8. The summed E-state index contributed by atoms with van der Waals surface area (Å²) < 4.78 is 29.5. The van der Waals surface area contributed by atoms with Crippen molar-refractivity contribution in [3.8, 4) is 18.0 Å². The minimum absolute atomic E-state index is 0.0492. The number of aryl methyl sites for hydroxylation is 1. The molecule has 2 heterocycles. The van der Waals surface area contributed by atoms with Gasteiger partial charge in [0.15, 0.2) is 0 Å².